The van der Waals surface area contributed by atoms with Gasteiger partial charge in [0, 0.05) is 18.9 Å². The van der Waals surface area contributed by atoms with Gasteiger partial charge in [0.15, 0.2) is 0 Å². The number of aliphatic hydroxyl groups is 1. The summed E-state index contributed by atoms with van der Waals surface area (Å²) in [7, 11) is 0. The van der Waals surface area contributed by atoms with Crippen molar-refractivity contribution in [1.82, 2.24) is 15.5 Å². The van der Waals surface area contributed by atoms with Crippen LogP contribution >= 0.6 is 0 Å². The molecule has 2 rings (SSSR count). The van der Waals surface area contributed by atoms with Crippen LogP contribution in [0.2, 0.25) is 0 Å². The number of rotatable bonds is 8. The number of likely N-dealkylation sites (tertiary alicyclic amines) is 1. The fourth-order valence-corrected chi connectivity index (χ4v) is 4.21. The lowest BCUT2D eigenvalue weighted by Gasteiger charge is -2.36. The fourth-order valence-electron chi connectivity index (χ4n) is 4.21. The molecule has 0 aromatic heterocycles. The molecule has 5 unspecified atom stereocenters. The molecular weight excluding hydrogens is 432 g/mol. The summed E-state index contributed by atoms with van der Waals surface area (Å²) < 4.78 is 0. The predicted octanol–water partition coefficient (Wildman–Crippen LogP) is 2.66. The van der Waals surface area contributed by atoms with Crippen molar-refractivity contribution >= 4 is 17.7 Å². The molecule has 0 bridgehead atoms. The topological polar surface area (TPSA) is 123 Å². The second-order valence-corrected chi connectivity index (χ2v) is 10.4. The lowest BCUT2D eigenvalue weighted by atomic mass is 9.85. The SMILES string of the molecule is CCCC(C)C(=O)NC(C(=O)N1CC(O)CC1C(=O)NC(C)c1ccc(C#N)cc1)C(C)(C)C. The third kappa shape index (κ3) is 6.80. The quantitative estimate of drug-likeness (QED) is 0.539. The molecule has 1 aromatic rings. The summed E-state index contributed by atoms with van der Waals surface area (Å²) in [5, 5.41) is 25.1. The maximum atomic E-state index is 13.6. The van der Waals surface area contributed by atoms with E-state index in [4.69, 9.17) is 5.26 Å². The Morgan fingerprint density at radius 1 is 1.18 bits per heavy atom. The van der Waals surface area contributed by atoms with Gasteiger partial charge in [-0.05, 0) is 36.5 Å². The van der Waals surface area contributed by atoms with Crippen molar-refractivity contribution in [2.45, 2.75) is 85.0 Å². The molecule has 5 atom stereocenters. The number of carbonyl (C=O) groups is 3. The Labute approximate surface area is 202 Å². The van der Waals surface area contributed by atoms with Crippen LogP contribution in [-0.4, -0.2) is 52.5 Å². The summed E-state index contributed by atoms with van der Waals surface area (Å²) in [4.78, 5) is 40.8. The van der Waals surface area contributed by atoms with Crippen LogP contribution in [-0.2, 0) is 14.4 Å². The Bertz CT molecular complexity index is 916. The van der Waals surface area contributed by atoms with Crippen LogP contribution in [0.25, 0.3) is 0 Å². The third-order valence-electron chi connectivity index (χ3n) is 6.33. The lowest BCUT2D eigenvalue weighted by Crippen LogP contribution is -2.58. The van der Waals surface area contributed by atoms with Gasteiger partial charge in [0.1, 0.15) is 12.1 Å². The number of amides is 3. The van der Waals surface area contributed by atoms with Crippen LogP contribution in [0.3, 0.4) is 0 Å². The molecule has 8 heteroatoms. The molecule has 0 radical (unpaired) electrons. The van der Waals surface area contributed by atoms with Crippen molar-refractivity contribution in [3.8, 4) is 6.07 Å². The highest BCUT2D eigenvalue weighted by Gasteiger charge is 2.44. The number of β-amino-alcohol motifs (C(OH)–C–C–N with tert-alkyl or cyclic N) is 1. The Morgan fingerprint density at radius 2 is 1.79 bits per heavy atom. The Balaban J connectivity index is 2.18. The van der Waals surface area contributed by atoms with Crippen molar-refractivity contribution in [3.63, 3.8) is 0 Å². The number of nitriles is 1. The summed E-state index contributed by atoms with van der Waals surface area (Å²) >= 11 is 0. The van der Waals surface area contributed by atoms with Gasteiger partial charge in [0.2, 0.25) is 17.7 Å². The number of hydrogen-bond donors (Lipinski definition) is 3. The van der Waals surface area contributed by atoms with Crippen LogP contribution in [0.15, 0.2) is 24.3 Å². The van der Waals surface area contributed by atoms with Crippen LogP contribution < -0.4 is 10.6 Å². The number of benzene rings is 1. The summed E-state index contributed by atoms with van der Waals surface area (Å²) in [6.07, 6.45) is 0.896. The lowest BCUT2D eigenvalue weighted by molar-refractivity contribution is -0.144. The molecule has 1 aliphatic rings. The highest BCUT2D eigenvalue weighted by atomic mass is 16.3. The number of carbonyl (C=O) groups excluding carboxylic acids is 3. The molecule has 0 saturated carbocycles. The Morgan fingerprint density at radius 3 is 2.32 bits per heavy atom. The molecule has 0 aliphatic carbocycles. The molecule has 3 N–H and O–H groups in total. The van der Waals surface area contributed by atoms with Gasteiger partial charge in [-0.1, -0.05) is 53.2 Å². The Kier molecular flexibility index (Phi) is 9.22. The van der Waals surface area contributed by atoms with Crippen molar-refractivity contribution in [3.05, 3.63) is 35.4 Å². The zero-order valence-corrected chi connectivity index (χ0v) is 21.1. The molecule has 3 amide bonds. The summed E-state index contributed by atoms with van der Waals surface area (Å²) in [6, 6.07) is 6.98. The summed E-state index contributed by atoms with van der Waals surface area (Å²) in [5.41, 5.74) is 0.776. The van der Waals surface area contributed by atoms with E-state index in [0.717, 1.165) is 18.4 Å². The van der Waals surface area contributed by atoms with Gasteiger partial charge >= 0.3 is 0 Å². The van der Waals surface area contributed by atoms with E-state index in [9.17, 15) is 19.5 Å². The van der Waals surface area contributed by atoms with E-state index in [1.165, 1.54) is 4.90 Å². The summed E-state index contributed by atoms with van der Waals surface area (Å²) in [5.74, 6) is -1.14. The smallest absolute Gasteiger partial charge is 0.246 e. The van der Waals surface area contributed by atoms with Crippen molar-refractivity contribution in [2.24, 2.45) is 11.3 Å². The highest BCUT2D eigenvalue weighted by molar-refractivity contribution is 5.93. The summed E-state index contributed by atoms with van der Waals surface area (Å²) in [6.45, 7) is 11.3. The largest absolute Gasteiger partial charge is 0.391 e. The maximum absolute atomic E-state index is 13.6. The van der Waals surface area contributed by atoms with E-state index in [2.05, 4.69) is 16.7 Å². The van der Waals surface area contributed by atoms with Gasteiger partial charge in [-0.3, -0.25) is 14.4 Å². The average Bonchev–Trinajstić information content (AvgIpc) is 3.18. The number of nitrogens with zero attached hydrogens (tertiary/aromatic N) is 2. The molecule has 34 heavy (non-hydrogen) atoms. The molecular formula is C26H38N4O4. The highest BCUT2D eigenvalue weighted by Crippen LogP contribution is 2.27. The van der Waals surface area contributed by atoms with Crippen molar-refractivity contribution in [2.75, 3.05) is 6.54 Å². The molecule has 1 heterocycles. The van der Waals surface area contributed by atoms with Crippen molar-refractivity contribution in [1.29, 1.82) is 5.26 Å². The second-order valence-electron chi connectivity index (χ2n) is 10.4. The molecule has 186 valence electrons. The van der Waals surface area contributed by atoms with Crippen LogP contribution in [0.5, 0.6) is 0 Å². The van der Waals surface area contributed by atoms with Gasteiger partial charge < -0.3 is 20.6 Å². The van der Waals surface area contributed by atoms with E-state index in [1.54, 1.807) is 24.3 Å². The second kappa shape index (κ2) is 11.5. The number of hydrogen-bond acceptors (Lipinski definition) is 5. The minimum atomic E-state index is -0.835. The van der Waals surface area contributed by atoms with Crippen molar-refractivity contribution < 1.29 is 19.5 Å². The predicted molar refractivity (Wildman–Crippen MR) is 129 cm³/mol. The van der Waals surface area contributed by atoms with E-state index in [0.29, 0.717) is 5.56 Å². The van der Waals surface area contributed by atoms with Gasteiger partial charge in [-0.2, -0.15) is 5.26 Å². The molecule has 1 aliphatic heterocycles. The first-order chi connectivity index (χ1) is 15.9. The van der Waals surface area contributed by atoms with Crippen LogP contribution in [0.4, 0.5) is 0 Å². The number of aliphatic hydroxyl groups excluding tert-OH is 1. The molecule has 1 fully saturated rings. The van der Waals surface area contributed by atoms with E-state index in [-0.39, 0.29) is 42.6 Å². The molecule has 8 nitrogen and oxygen atoms in total. The molecule has 0 spiro atoms. The third-order valence-corrected chi connectivity index (χ3v) is 6.33. The van der Waals surface area contributed by atoms with E-state index < -0.39 is 23.6 Å². The molecule has 1 aromatic carbocycles. The minimum absolute atomic E-state index is 0.0368. The van der Waals surface area contributed by atoms with E-state index in [1.807, 2.05) is 41.5 Å². The average molecular weight is 471 g/mol. The first-order valence-corrected chi connectivity index (χ1v) is 12.0. The minimum Gasteiger partial charge on any atom is -0.391 e. The first kappa shape index (κ1) is 27.3. The van der Waals surface area contributed by atoms with Gasteiger partial charge in [0.25, 0.3) is 0 Å². The number of nitrogens with one attached hydrogen (secondary N) is 2. The Hall–Kier alpha value is -2.92. The fraction of sp³-hybridized carbons (Fsp3) is 0.615. The maximum Gasteiger partial charge on any atom is 0.246 e. The zero-order chi connectivity index (χ0) is 25.6. The van der Waals surface area contributed by atoms with Crippen LogP contribution in [0, 0.1) is 22.7 Å². The van der Waals surface area contributed by atoms with Gasteiger partial charge in [0.05, 0.1) is 23.8 Å². The molecule has 1 saturated heterocycles. The first-order valence-electron chi connectivity index (χ1n) is 12.0. The van der Waals surface area contributed by atoms with Gasteiger partial charge in [-0.25, -0.2) is 0 Å². The van der Waals surface area contributed by atoms with Gasteiger partial charge in [-0.15, -0.1) is 0 Å². The normalized spacial score (nSPS) is 20.7. The zero-order valence-electron chi connectivity index (χ0n) is 21.1. The van der Waals surface area contributed by atoms with E-state index >= 15 is 0 Å². The van der Waals surface area contributed by atoms with Crippen LogP contribution in [0.1, 0.15) is 78.0 Å². The standard InChI is InChI=1S/C26H38N4O4/c1-7-8-16(2)23(32)29-22(26(4,5)6)25(34)30-15-20(31)13-21(30)24(33)28-17(3)19-11-9-18(14-27)10-12-19/h9-12,16-17,20-22,31H,7-8,13,15H2,1-6H3,(H,28,33)(H,29,32). The monoisotopic (exact) mass is 470 g/mol.